The molecule has 5 nitrogen and oxygen atoms in total. The van der Waals surface area contributed by atoms with E-state index in [2.05, 4.69) is 39.9 Å². The van der Waals surface area contributed by atoms with Crippen molar-refractivity contribution in [1.82, 2.24) is 24.9 Å². The molecule has 0 saturated heterocycles. The van der Waals surface area contributed by atoms with Gasteiger partial charge in [-0.05, 0) is 24.6 Å². The molecular formula is C16H19N5. The molecule has 1 N–H and O–H groups in total. The second-order valence-corrected chi connectivity index (χ2v) is 5.10. The van der Waals surface area contributed by atoms with Crippen molar-refractivity contribution in [3.63, 3.8) is 0 Å². The second-order valence-electron chi connectivity index (χ2n) is 5.10. The van der Waals surface area contributed by atoms with E-state index in [0.717, 1.165) is 24.5 Å². The molecule has 0 unspecified atom stereocenters. The highest BCUT2D eigenvalue weighted by Crippen LogP contribution is 2.13. The Labute approximate surface area is 124 Å². The van der Waals surface area contributed by atoms with Gasteiger partial charge in [0.2, 0.25) is 0 Å². The zero-order valence-electron chi connectivity index (χ0n) is 12.3. The van der Waals surface area contributed by atoms with Crippen LogP contribution in [0.3, 0.4) is 0 Å². The maximum atomic E-state index is 4.36. The van der Waals surface area contributed by atoms with Crippen molar-refractivity contribution >= 4 is 0 Å². The topological polar surface area (TPSA) is 47.7 Å². The minimum Gasteiger partial charge on any atom is -0.308 e. The third-order valence-corrected chi connectivity index (χ3v) is 3.49. The van der Waals surface area contributed by atoms with E-state index in [-0.39, 0.29) is 0 Å². The summed E-state index contributed by atoms with van der Waals surface area (Å²) >= 11 is 0. The Morgan fingerprint density at radius 2 is 1.90 bits per heavy atom. The molecule has 2 aromatic heterocycles. The van der Waals surface area contributed by atoms with Gasteiger partial charge in [0.15, 0.2) is 0 Å². The molecule has 21 heavy (non-hydrogen) atoms. The van der Waals surface area contributed by atoms with Crippen LogP contribution in [0.1, 0.15) is 16.8 Å². The number of para-hydroxylation sites is 1. The number of rotatable bonds is 5. The first-order chi connectivity index (χ1) is 10.2. The van der Waals surface area contributed by atoms with Crippen LogP contribution >= 0.6 is 0 Å². The predicted molar refractivity (Wildman–Crippen MR) is 82.1 cm³/mol. The van der Waals surface area contributed by atoms with Crippen LogP contribution in [-0.4, -0.2) is 19.6 Å². The summed E-state index contributed by atoms with van der Waals surface area (Å²) in [5.41, 5.74) is 4.64. The lowest BCUT2D eigenvalue weighted by Crippen LogP contribution is -2.15. The first-order valence-corrected chi connectivity index (χ1v) is 7.02. The van der Waals surface area contributed by atoms with E-state index in [1.54, 1.807) is 6.20 Å². The molecule has 108 valence electrons. The number of hydrogen-bond acceptors (Lipinski definition) is 3. The zero-order chi connectivity index (χ0) is 14.7. The van der Waals surface area contributed by atoms with Gasteiger partial charge < -0.3 is 5.32 Å². The average molecular weight is 281 g/mol. The molecule has 0 aliphatic carbocycles. The number of benzene rings is 1. The van der Waals surface area contributed by atoms with E-state index >= 15 is 0 Å². The van der Waals surface area contributed by atoms with E-state index in [0.29, 0.717) is 0 Å². The number of aryl methyl sites for hydroxylation is 2. The Kier molecular flexibility index (Phi) is 3.83. The maximum absolute atomic E-state index is 4.36. The molecule has 3 rings (SSSR count). The average Bonchev–Trinajstić information content (AvgIpc) is 3.10. The smallest absolute Gasteiger partial charge is 0.0690 e. The Hall–Kier alpha value is -2.40. The Bertz CT molecular complexity index is 712. The minimum absolute atomic E-state index is 0.796. The van der Waals surface area contributed by atoms with Crippen LogP contribution in [0.5, 0.6) is 0 Å². The van der Waals surface area contributed by atoms with Crippen LogP contribution in [0.4, 0.5) is 0 Å². The van der Waals surface area contributed by atoms with Crippen molar-refractivity contribution in [3.8, 4) is 5.69 Å². The molecule has 0 amide bonds. The molecule has 0 fully saturated rings. The largest absolute Gasteiger partial charge is 0.308 e. The molecule has 5 heteroatoms. The van der Waals surface area contributed by atoms with Crippen LogP contribution < -0.4 is 5.32 Å². The lowest BCUT2D eigenvalue weighted by Gasteiger charge is -2.10. The van der Waals surface area contributed by atoms with E-state index in [9.17, 15) is 0 Å². The van der Waals surface area contributed by atoms with E-state index < -0.39 is 0 Å². The lowest BCUT2D eigenvalue weighted by atomic mass is 10.1. The van der Waals surface area contributed by atoms with Gasteiger partial charge in [0.1, 0.15) is 0 Å². The van der Waals surface area contributed by atoms with E-state index in [1.807, 2.05) is 41.7 Å². The highest BCUT2D eigenvalue weighted by Gasteiger charge is 2.06. The Morgan fingerprint density at radius 1 is 1.10 bits per heavy atom. The Morgan fingerprint density at radius 3 is 2.62 bits per heavy atom. The van der Waals surface area contributed by atoms with Crippen LogP contribution in [0, 0.1) is 6.92 Å². The van der Waals surface area contributed by atoms with Crippen LogP contribution in [-0.2, 0) is 20.1 Å². The fraction of sp³-hybridized carbons (Fsp3) is 0.250. The fourth-order valence-electron chi connectivity index (χ4n) is 2.45. The molecule has 0 aliphatic heterocycles. The summed E-state index contributed by atoms with van der Waals surface area (Å²) in [6, 6.07) is 10.2. The standard InChI is InChI=1S/C16H19N5/c1-13-15(12-20(2)19-13)11-17-10-14-6-3-4-7-16(14)21-9-5-8-18-21/h3-9,12,17H,10-11H2,1-2H3. The summed E-state index contributed by atoms with van der Waals surface area (Å²) in [7, 11) is 1.95. The first kappa shape index (κ1) is 13.6. The van der Waals surface area contributed by atoms with Gasteiger partial charge in [0.25, 0.3) is 0 Å². The maximum Gasteiger partial charge on any atom is 0.0690 e. The van der Waals surface area contributed by atoms with E-state index in [1.165, 1.54) is 11.1 Å². The monoisotopic (exact) mass is 281 g/mol. The van der Waals surface area contributed by atoms with Crippen molar-refractivity contribution in [1.29, 1.82) is 0 Å². The molecule has 0 saturated carbocycles. The molecule has 0 radical (unpaired) electrons. The highest BCUT2D eigenvalue weighted by molar-refractivity contribution is 5.40. The zero-order valence-corrected chi connectivity index (χ0v) is 12.3. The van der Waals surface area contributed by atoms with Gasteiger partial charge in [-0.2, -0.15) is 10.2 Å². The summed E-state index contributed by atoms with van der Waals surface area (Å²) < 4.78 is 3.75. The van der Waals surface area contributed by atoms with Crippen molar-refractivity contribution in [2.75, 3.05) is 0 Å². The molecule has 2 heterocycles. The second kappa shape index (κ2) is 5.93. The van der Waals surface area contributed by atoms with Crippen molar-refractivity contribution < 1.29 is 0 Å². The minimum atomic E-state index is 0.796. The van der Waals surface area contributed by atoms with Gasteiger partial charge in [-0.15, -0.1) is 0 Å². The van der Waals surface area contributed by atoms with Crippen LogP contribution in [0.15, 0.2) is 48.9 Å². The van der Waals surface area contributed by atoms with Crippen LogP contribution in [0.25, 0.3) is 5.69 Å². The predicted octanol–water partition coefficient (Wildman–Crippen LogP) is 2.20. The molecule has 0 spiro atoms. The molecule has 3 aromatic rings. The lowest BCUT2D eigenvalue weighted by molar-refractivity contribution is 0.683. The molecule has 0 atom stereocenters. The summed E-state index contributed by atoms with van der Waals surface area (Å²) in [6.45, 7) is 3.65. The van der Waals surface area contributed by atoms with Crippen molar-refractivity contribution in [3.05, 3.63) is 65.7 Å². The molecule has 0 aliphatic rings. The quantitative estimate of drug-likeness (QED) is 0.780. The number of hydrogen-bond donors (Lipinski definition) is 1. The third-order valence-electron chi connectivity index (χ3n) is 3.49. The van der Waals surface area contributed by atoms with Crippen LogP contribution in [0.2, 0.25) is 0 Å². The number of aromatic nitrogens is 4. The summed E-state index contributed by atoms with van der Waals surface area (Å²) in [4.78, 5) is 0. The Balaban J connectivity index is 1.70. The summed E-state index contributed by atoms with van der Waals surface area (Å²) in [5.74, 6) is 0. The normalized spacial score (nSPS) is 11.0. The number of nitrogens with one attached hydrogen (secondary N) is 1. The first-order valence-electron chi connectivity index (χ1n) is 7.02. The van der Waals surface area contributed by atoms with Gasteiger partial charge in [-0.25, -0.2) is 4.68 Å². The van der Waals surface area contributed by atoms with Gasteiger partial charge in [-0.3, -0.25) is 4.68 Å². The van der Waals surface area contributed by atoms with Gasteiger partial charge in [0.05, 0.1) is 11.4 Å². The summed E-state index contributed by atoms with van der Waals surface area (Å²) in [5, 5.41) is 12.1. The molecule has 1 aromatic carbocycles. The van der Waals surface area contributed by atoms with Gasteiger partial charge in [-0.1, -0.05) is 18.2 Å². The molecular weight excluding hydrogens is 262 g/mol. The van der Waals surface area contributed by atoms with Gasteiger partial charge >= 0.3 is 0 Å². The SMILES string of the molecule is Cc1nn(C)cc1CNCc1ccccc1-n1cccn1. The van der Waals surface area contributed by atoms with Crippen molar-refractivity contribution in [2.24, 2.45) is 7.05 Å². The number of nitrogens with zero attached hydrogens (tertiary/aromatic N) is 4. The summed E-state index contributed by atoms with van der Waals surface area (Å²) in [6.07, 6.45) is 5.81. The van der Waals surface area contributed by atoms with Gasteiger partial charge in [0, 0.05) is 44.3 Å². The fourth-order valence-corrected chi connectivity index (χ4v) is 2.45. The van der Waals surface area contributed by atoms with E-state index in [4.69, 9.17) is 0 Å². The van der Waals surface area contributed by atoms with Crippen molar-refractivity contribution in [2.45, 2.75) is 20.0 Å². The third kappa shape index (κ3) is 3.03. The molecule has 0 bridgehead atoms. The highest BCUT2D eigenvalue weighted by atomic mass is 15.3.